The van der Waals surface area contributed by atoms with Crippen LogP contribution in [0.1, 0.15) is 33.1 Å². The Hall–Kier alpha value is 0.230. The first-order valence-corrected chi connectivity index (χ1v) is 7.51. The van der Waals surface area contributed by atoms with E-state index in [1.54, 1.807) is 11.8 Å². The molecular formula is C12H25NO2S. The molecule has 0 aliphatic carbocycles. The monoisotopic (exact) mass is 247 g/mol. The van der Waals surface area contributed by atoms with Crippen molar-refractivity contribution in [3.63, 3.8) is 0 Å². The molecular weight excluding hydrogens is 222 g/mol. The van der Waals surface area contributed by atoms with E-state index in [0.29, 0.717) is 23.4 Å². The highest BCUT2D eigenvalue weighted by atomic mass is 32.2. The molecule has 1 aliphatic heterocycles. The van der Waals surface area contributed by atoms with Gasteiger partial charge in [0.15, 0.2) is 0 Å². The third-order valence-electron chi connectivity index (χ3n) is 3.36. The summed E-state index contributed by atoms with van der Waals surface area (Å²) < 4.78 is 5.66. The molecule has 0 aromatic carbocycles. The van der Waals surface area contributed by atoms with E-state index in [9.17, 15) is 5.11 Å². The van der Waals surface area contributed by atoms with E-state index in [1.165, 1.54) is 0 Å². The van der Waals surface area contributed by atoms with Gasteiger partial charge in [0.25, 0.3) is 0 Å². The van der Waals surface area contributed by atoms with E-state index in [2.05, 4.69) is 25.4 Å². The highest BCUT2D eigenvalue weighted by Crippen LogP contribution is 2.18. The number of ether oxygens (including phenoxy) is 1. The molecule has 96 valence electrons. The lowest BCUT2D eigenvalue weighted by Crippen LogP contribution is -2.47. The summed E-state index contributed by atoms with van der Waals surface area (Å²) in [7, 11) is 0. The second-order valence-corrected chi connectivity index (χ2v) is 5.61. The number of hydrogen-bond acceptors (Lipinski definition) is 4. The van der Waals surface area contributed by atoms with Crippen molar-refractivity contribution in [2.75, 3.05) is 19.5 Å². The first-order chi connectivity index (χ1) is 7.71. The van der Waals surface area contributed by atoms with E-state index in [0.717, 1.165) is 25.9 Å². The number of rotatable bonds is 6. The van der Waals surface area contributed by atoms with Gasteiger partial charge in [-0.1, -0.05) is 6.92 Å². The summed E-state index contributed by atoms with van der Waals surface area (Å²) in [5, 5.41) is 13.2. The first-order valence-electron chi connectivity index (χ1n) is 6.22. The molecule has 0 aromatic rings. The Kier molecular flexibility index (Phi) is 6.73. The third kappa shape index (κ3) is 4.24. The van der Waals surface area contributed by atoms with Gasteiger partial charge in [0.2, 0.25) is 0 Å². The Morgan fingerprint density at radius 1 is 1.56 bits per heavy atom. The molecule has 1 aliphatic rings. The number of nitrogens with one attached hydrogen (secondary N) is 1. The summed E-state index contributed by atoms with van der Waals surface area (Å²) in [6.45, 7) is 5.45. The van der Waals surface area contributed by atoms with Gasteiger partial charge in [-0.15, -0.1) is 0 Å². The molecule has 0 saturated carbocycles. The van der Waals surface area contributed by atoms with Gasteiger partial charge in [-0.3, -0.25) is 0 Å². The van der Waals surface area contributed by atoms with Crippen LogP contribution in [-0.2, 0) is 4.74 Å². The summed E-state index contributed by atoms with van der Waals surface area (Å²) in [4.78, 5) is 0. The fraction of sp³-hybridized carbons (Fsp3) is 1.00. The third-order valence-corrected chi connectivity index (χ3v) is 4.52. The van der Waals surface area contributed by atoms with Crippen molar-refractivity contribution in [1.82, 2.24) is 5.32 Å². The highest BCUT2D eigenvalue weighted by molar-refractivity contribution is 7.99. The van der Waals surface area contributed by atoms with Crippen molar-refractivity contribution in [2.45, 2.75) is 56.5 Å². The Balaban J connectivity index is 2.34. The minimum atomic E-state index is 0.246. The zero-order chi connectivity index (χ0) is 12.0. The molecule has 1 rings (SSSR count). The molecule has 4 heteroatoms. The van der Waals surface area contributed by atoms with Crippen molar-refractivity contribution in [1.29, 1.82) is 0 Å². The van der Waals surface area contributed by atoms with E-state index < -0.39 is 0 Å². The second kappa shape index (κ2) is 7.54. The SMILES string of the molecule is CCC1CC(NC(C)C(CO)SC)CCO1. The van der Waals surface area contributed by atoms with Gasteiger partial charge < -0.3 is 15.2 Å². The summed E-state index contributed by atoms with van der Waals surface area (Å²) in [6, 6.07) is 0.913. The lowest BCUT2D eigenvalue weighted by Gasteiger charge is -2.33. The summed E-state index contributed by atoms with van der Waals surface area (Å²) in [5.41, 5.74) is 0. The van der Waals surface area contributed by atoms with Crippen LogP contribution in [-0.4, -0.2) is 48.0 Å². The molecule has 3 nitrogen and oxygen atoms in total. The standard InChI is InChI=1S/C12H25NO2S/c1-4-11-7-10(5-6-15-11)13-9(2)12(8-14)16-3/h9-14H,4-8H2,1-3H3. The predicted octanol–water partition coefficient (Wildman–Crippen LogP) is 1.65. The molecule has 4 unspecified atom stereocenters. The zero-order valence-corrected chi connectivity index (χ0v) is 11.4. The molecule has 0 aromatic heterocycles. The van der Waals surface area contributed by atoms with Gasteiger partial charge in [-0.2, -0.15) is 11.8 Å². The smallest absolute Gasteiger partial charge is 0.0587 e. The summed E-state index contributed by atoms with van der Waals surface area (Å²) in [5.74, 6) is 0. The minimum absolute atomic E-state index is 0.246. The van der Waals surface area contributed by atoms with Crippen molar-refractivity contribution >= 4 is 11.8 Å². The molecule has 2 N–H and O–H groups in total. The largest absolute Gasteiger partial charge is 0.395 e. The molecule has 0 radical (unpaired) electrons. The molecule has 1 fully saturated rings. The fourth-order valence-electron chi connectivity index (χ4n) is 2.23. The average molecular weight is 247 g/mol. The van der Waals surface area contributed by atoms with Crippen LogP contribution >= 0.6 is 11.8 Å². The van der Waals surface area contributed by atoms with Crippen LogP contribution in [0.4, 0.5) is 0 Å². The predicted molar refractivity (Wildman–Crippen MR) is 70.0 cm³/mol. The maximum Gasteiger partial charge on any atom is 0.0587 e. The van der Waals surface area contributed by atoms with Crippen LogP contribution < -0.4 is 5.32 Å². The molecule has 0 bridgehead atoms. The quantitative estimate of drug-likeness (QED) is 0.749. The van der Waals surface area contributed by atoms with Crippen molar-refractivity contribution in [3.8, 4) is 0 Å². The van der Waals surface area contributed by atoms with E-state index in [-0.39, 0.29) is 6.61 Å². The minimum Gasteiger partial charge on any atom is -0.395 e. The normalized spacial score (nSPS) is 30.0. The Morgan fingerprint density at radius 2 is 2.31 bits per heavy atom. The average Bonchev–Trinajstić information content (AvgIpc) is 2.31. The van der Waals surface area contributed by atoms with E-state index >= 15 is 0 Å². The van der Waals surface area contributed by atoms with Crippen LogP contribution in [0.3, 0.4) is 0 Å². The Labute approximate surface area is 103 Å². The Bertz CT molecular complexity index is 188. The highest BCUT2D eigenvalue weighted by Gasteiger charge is 2.24. The van der Waals surface area contributed by atoms with Crippen LogP contribution in [0.25, 0.3) is 0 Å². The number of thioether (sulfide) groups is 1. The fourth-order valence-corrected chi connectivity index (χ4v) is 2.87. The van der Waals surface area contributed by atoms with Crippen LogP contribution in [0, 0.1) is 0 Å². The maximum absolute atomic E-state index is 9.24. The van der Waals surface area contributed by atoms with Crippen molar-refractivity contribution < 1.29 is 9.84 Å². The van der Waals surface area contributed by atoms with Gasteiger partial charge in [0.1, 0.15) is 0 Å². The van der Waals surface area contributed by atoms with Gasteiger partial charge in [0.05, 0.1) is 12.7 Å². The van der Waals surface area contributed by atoms with Crippen molar-refractivity contribution in [3.05, 3.63) is 0 Å². The lowest BCUT2D eigenvalue weighted by atomic mass is 10.0. The van der Waals surface area contributed by atoms with Gasteiger partial charge >= 0.3 is 0 Å². The lowest BCUT2D eigenvalue weighted by molar-refractivity contribution is -0.00185. The number of aliphatic hydroxyl groups excluding tert-OH is 1. The topological polar surface area (TPSA) is 41.5 Å². The molecule has 1 saturated heterocycles. The Morgan fingerprint density at radius 3 is 2.88 bits per heavy atom. The van der Waals surface area contributed by atoms with Gasteiger partial charge in [-0.25, -0.2) is 0 Å². The summed E-state index contributed by atoms with van der Waals surface area (Å²) in [6.07, 6.45) is 5.76. The van der Waals surface area contributed by atoms with E-state index in [4.69, 9.17) is 4.74 Å². The van der Waals surface area contributed by atoms with Crippen LogP contribution in [0.5, 0.6) is 0 Å². The molecule has 1 heterocycles. The van der Waals surface area contributed by atoms with Gasteiger partial charge in [-0.05, 0) is 32.4 Å². The molecule has 0 amide bonds. The number of hydrogen-bond donors (Lipinski definition) is 2. The first kappa shape index (κ1) is 14.3. The summed E-state index contributed by atoms with van der Waals surface area (Å²) >= 11 is 1.73. The second-order valence-electron chi connectivity index (χ2n) is 4.53. The molecule has 4 atom stereocenters. The molecule has 16 heavy (non-hydrogen) atoms. The number of aliphatic hydroxyl groups is 1. The van der Waals surface area contributed by atoms with Crippen molar-refractivity contribution in [2.24, 2.45) is 0 Å². The van der Waals surface area contributed by atoms with E-state index in [1.807, 2.05) is 0 Å². The molecule has 0 spiro atoms. The van der Waals surface area contributed by atoms with Crippen LogP contribution in [0.2, 0.25) is 0 Å². The maximum atomic E-state index is 9.24. The van der Waals surface area contributed by atoms with Crippen LogP contribution in [0.15, 0.2) is 0 Å². The zero-order valence-electron chi connectivity index (χ0n) is 10.6. The van der Waals surface area contributed by atoms with Gasteiger partial charge in [0, 0.05) is 23.9 Å².